The van der Waals surface area contributed by atoms with Crippen molar-refractivity contribution >= 4 is 5.91 Å². The van der Waals surface area contributed by atoms with Gasteiger partial charge in [0.1, 0.15) is 0 Å². The molecule has 1 atom stereocenters. The van der Waals surface area contributed by atoms with Gasteiger partial charge >= 0.3 is 0 Å². The summed E-state index contributed by atoms with van der Waals surface area (Å²) in [4.78, 5) is 14.6. The minimum atomic E-state index is -0.212. The van der Waals surface area contributed by atoms with Crippen molar-refractivity contribution in [2.24, 2.45) is 0 Å². The second-order valence-electron chi connectivity index (χ2n) is 6.66. The molecule has 134 valence electrons. The molecule has 6 heteroatoms. The summed E-state index contributed by atoms with van der Waals surface area (Å²) in [6.45, 7) is 8.66. The lowest BCUT2D eigenvalue weighted by molar-refractivity contribution is -0.134. The number of carbonyl (C=O) groups excluding carboxylic acids is 1. The molecule has 2 rings (SSSR count). The van der Waals surface area contributed by atoms with E-state index in [2.05, 4.69) is 10.2 Å². The van der Waals surface area contributed by atoms with Gasteiger partial charge in [0.25, 0.3) is 0 Å². The van der Waals surface area contributed by atoms with Gasteiger partial charge < -0.3 is 19.5 Å². The van der Waals surface area contributed by atoms with Crippen LogP contribution in [0.2, 0.25) is 0 Å². The molecule has 1 fully saturated rings. The van der Waals surface area contributed by atoms with Crippen molar-refractivity contribution in [3.63, 3.8) is 0 Å². The molecule has 1 aromatic rings. The highest BCUT2D eigenvalue weighted by atomic mass is 16.5. The largest absolute Gasteiger partial charge is 0.493 e. The summed E-state index contributed by atoms with van der Waals surface area (Å²) in [5.74, 6) is 1.35. The number of nitrogens with one attached hydrogen (secondary N) is 1. The average molecular weight is 336 g/mol. The molecule has 1 amide bonds. The summed E-state index contributed by atoms with van der Waals surface area (Å²) < 4.78 is 16.2. The molecule has 0 spiro atoms. The second kappa shape index (κ2) is 7.85. The fourth-order valence-electron chi connectivity index (χ4n) is 2.88. The van der Waals surface area contributed by atoms with Gasteiger partial charge in [0.2, 0.25) is 5.91 Å². The third kappa shape index (κ3) is 4.61. The van der Waals surface area contributed by atoms with Crippen LogP contribution in [0.1, 0.15) is 26.3 Å². The van der Waals surface area contributed by atoms with Crippen LogP contribution in [0.25, 0.3) is 0 Å². The summed E-state index contributed by atoms with van der Waals surface area (Å²) in [6, 6.07) is 5.45. The van der Waals surface area contributed by atoms with E-state index in [1.54, 1.807) is 14.2 Å². The maximum Gasteiger partial charge on any atom is 0.237 e. The molecular formula is C18H28N2O4. The number of carbonyl (C=O) groups is 1. The first-order valence-corrected chi connectivity index (χ1v) is 8.23. The van der Waals surface area contributed by atoms with Crippen LogP contribution in [0.15, 0.2) is 18.2 Å². The van der Waals surface area contributed by atoms with Gasteiger partial charge in [-0.3, -0.25) is 9.69 Å². The summed E-state index contributed by atoms with van der Waals surface area (Å²) in [5.41, 5.74) is 0.756. The molecule has 0 radical (unpaired) electrons. The third-order valence-corrected chi connectivity index (χ3v) is 4.30. The third-order valence-electron chi connectivity index (χ3n) is 4.30. The minimum absolute atomic E-state index is 0.0162. The van der Waals surface area contributed by atoms with Crippen LogP contribution in [0, 0.1) is 0 Å². The van der Waals surface area contributed by atoms with E-state index in [1.165, 1.54) is 0 Å². The summed E-state index contributed by atoms with van der Waals surface area (Å²) in [5, 5.41) is 2.99. The van der Waals surface area contributed by atoms with Crippen LogP contribution < -0.4 is 14.8 Å². The first kappa shape index (κ1) is 18.5. The van der Waals surface area contributed by atoms with Gasteiger partial charge in [-0.05, 0) is 38.5 Å². The number of ether oxygens (including phenoxy) is 3. The number of morpholine rings is 1. The summed E-state index contributed by atoms with van der Waals surface area (Å²) >= 11 is 0. The van der Waals surface area contributed by atoms with Crippen LogP contribution in [0.4, 0.5) is 0 Å². The molecule has 0 bridgehead atoms. The van der Waals surface area contributed by atoms with E-state index in [4.69, 9.17) is 14.2 Å². The Balaban J connectivity index is 1.92. The molecule has 0 aliphatic carbocycles. The monoisotopic (exact) mass is 336 g/mol. The summed E-state index contributed by atoms with van der Waals surface area (Å²) in [7, 11) is 3.20. The topological polar surface area (TPSA) is 60.0 Å². The molecule has 0 saturated carbocycles. The van der Waals surface area contributed by atoms with Crippen molar-refractivity contribution in [1.29, 1.82) is 0 Å². The quantitative estimate of drug-likeness (QED) is 0.859. The van der Waals surface area contributed by atoms with Crippen molar-refractivity contribution in [2.45, 2.75) is 39.0 Å². The molecule has 24 heavy (non-hydrogen) atoms. The van der Waals surface area contributed by atoms with Crippen LogP contribution in [-0.4, -0.2) is 56.4 Å². The van der Waals surface area contributed by atoms with Gasteiger partial charge in [-0.25, -0.2) is 0 Å². The molecular weight excluding hydrogens is 308 g/mol. The van der Waals surface area contributed by atoms with Gasteiger partial charge in [0.15, 0.2) is 11.5 Å². The number of hydrogen-bond donors (Lipinski definition) is 1. The smallest absolute Gasteiger partial charge is 0.237 e. The van der Waals surface area contributed by atoms with Crippen LogP contribution >= 0.6 is 0 Å². The Morgan fingerprint density at radius 2 is 2.04 bits per heavy atom. The molecule has 1 aliphatic heterocycles. The molecule has 1 aromatic carbocycles. The normalized spacial score (nSPS) is 18.7. The van der Waals surface area contributed by atoms with Crippen LogP contribution in [0.3, 0.4) is 0 Å². The number of methoxy groups -OCH3 is 2. The van der Waals surface area contributed by atoms with Crippen LogP contribution in [0.5, 0.6) is 11.5 Å². The molecule has 1 heterocycles. The van der Waals surface area contributed by atoms with Crippen molar-refractivity contribution in [2.75, 3.05) is 33.9 Å². The number of benzene rings is 1. The first-order valence-electron chi connectivity index (χ1n) is 8.23. The molecule has 1 N–H and O–H groups in total. The van der Waals surface area contributed by atoms with Gasteiger partial charge in [-0.1, -0.05) is 6.07 Å². The second-order valence-corrected chi connectivity index (χ2v) is 6.66. The van der Waals surface area contributed by atoms with Crippen molar-refractivity contribution < 1.29 is 19.0 Å². The van der Waals surface area contributed by atoms with E-state index in [0.29, 0.717) is 24.7 Å². The van der Waals surface area contributed by atoms with Crippen molar-refractivity contribution in [3.8, 4) is 11.5 Å². The van der Waals surface area contributed by atoms with Gasteiger partial charge in [0, 0.05) is 19.6 Å². The Bertz CT molecular complexity index is 574. The van der Waals surface area contributed by atoms with E-state index < -0.39 is 0 Å². The zero-order valence-corrected chi connectivity index (χ0v) is 15.2. The highest BCUT2D eigenvalue weighted by Crippen LogP contribution is 2.27. The number of amides is 1. The van der Waals surface area contributed by atoms with E-state index in [-0.39, 0.29) is 17.6 Å². The molecule has 6 nitrogen and oxygen atoms in total. The lowest BCUT2D eigenvalue weighted by Gasteiger charge is -2.40. The molecule has 0 aromatic heterocycles. The Kier molecular flexibility index (Phi) is 6.07. The summed E-state index contributed by atoms with van der Waals surface area (Å²) in [6.07, 6.45) is 0. The highest BCUT2D eigenvalue weighted by Gasteiger charge is 2.32. The number of nitrogens with zero attached hydrogens (tertiary/aromatic N) is 1. The predicted molar refractivity (Wildman–Crippen MR) is 92.5 cm³/mol. The SMILES string of the molecule is COc1ccc(CNC(=O)C(C)N2CCOC(C)(C)C2)cc1OC. The lowest BCUT2D eigenvalue weighted by Crippen LogP contribution is -2.55. The van der Waals surface area contributed by atoms with Crippen molar-refractivity contribution in [1.82, 2.24) is 10.2 Å². The van der Waals surface area contributed by atoms with E-state index in [1.807, 2.05) is 39.0 Å². The molecule has 1 saturated heterocycles. The zero-order chi connectivity index (χ0) is 17.7. The van der Waals surface area contributed by atoms with Gasteiger partial charge in [0.05, 0.1) is 32.5 Å². The minimum Gasteiger partial charge on any atom is -0.493 e. The van der Waals surface area contributed by atoms with Crippen molar-refractivity contribution in [3.05, 3.63) is 23.8 Å². The zero-order valence-electron chi connectivity index (χ0n) is 15.2. The van der Waals surface area contributed by atoms with Gasteiger partial charge in [-0.2, -0.15) is 0 Å². The fourth-order valence-corrected chi connectivity index (χ4v) is 2.88. The Labute approximate surface area is 144 Å². The predicted octanol–water partition coefficient (Wildman–Crippen LogP) is 1.82. The maximum atomic E-state index is 12.5. The Morgan fingerprint density at radius 3 is 2.67 bits per heavy atom. The lowest BCUT2D eigenvalue weighted by atomic mass is 10.1. The Morgan fingerprint density at radius 1 is 1.33 bits per heavy atom. The van der Waals surface area contributed by atoms with E-state index >= 15 is 0 Å². The number of hydrogen-bond acceptors (Lipinski definition) is 5. The standard InChI is InChI=1S/C18H28N2O4/c1-13(20-8-9-24-18(2,3)12-20)17(21)19-11-14-6-7-15(22-4)16(10-14)23-5/h6-7,10,13H,8-9,11-12H2,1-5H3,(H,19,21). The van der Waals surface area contributed by atoms with E-state index in [9.17, 15) is 4.79 Å². The number of rotatable bonds is 6. The highest BCUT2D eigenvalue weighted by molar-refractivity contribution is 5.81. The van der Waals surface area contributed by atoms with Gasteiger partial charge in [-0.15, -0.1) is 0 Å². The average Bonchev–Trinajstić information content (AvgIpc) is 2.57. The molecule has 1 aliphatic rings. The first-order chi connectivity index (χ1) is 11.4. The fraction of sp³-hybridized carbons (Fsp3) is 0.611. The van der Waals surface area contributed by atoms with Crippen LogP contribution in [-0.2, 0) is 16.1 Å². The van der Waals surface area contributed by atoms with E-state index in [0.717, 1.165) is 18.7 Å². The Hall–Kier alpha value is -1.79. The maximum absolute atomic E-state index is 12.5. The molecule has 1 unspecified atom stereocenters.